The largest absolute Gasteiger partial charge is 0.493 e. The average molecular weight is 433 g/mol. The highest BCUT2D eigenvalue weighted by Crippen LogP contribution is 2.31. The Morgan fingerprint density at radius 2 is 1.75 bits per heavy atom. The minimum absolute atomic E-state index is 0.250. The maximum absolute atomic E-state index is 12.6. The van der Waals surface area contributed by atoms with Crippen LogP contribution in [0.4, 0.5) is 13.2 Å². The van der Waals surface area contributed by atoms with Crippen molar-refractivity contribution >= 4 is 29.5 Å². The monoisotopic (exact) mass is 432 g/mol. The summed E-state index contributed by atoms with van der Waals surface area (Å²) in [7, 11) is 0. The number of thioether (sulfide) groups is 1. The third kappa shape index (κ3) is 8.38. The van der Waals surface area contributed by atoms with Gasteiger partial charge in [-0.25, -0.2) is 0 Å². The molecule has 0 aromatic heterocycles. The summed E-state index contributed by atoms with van der Waals surface area (Å²) in [5.41, 5.74) is 0.448. The Bertz CT molecular complexity index is 773. The van der Waals surface area contributed by atoms with E-state index >= 15 is 0 Å². The molecular formula is C20H20ClF3O3S. The Morgan fingerprint density at radius 3 is 2.25 bits per heavy atom. The molecule has 0 saturated heterocycles. The van der Waals surface area contributed by atoms with E-state index < -0.39 is 11.7 Å². The van der Waals surface area contributed by atoms with E-state index in [0.717, 1.165) is 39.8 Å². The predicted molar refractivity (Wildman–Crippen MR) is 103 cm³/mol. The Morgan fingerprint density at radius 1 is 1.14 bits per heavy atom. The summed E-state index contributed by atoms with van der Waals surface area (Å²) in [6, 6.07) is 10.8. The van der Waals surface area contributed by atoms with Crippen LogP contribution in [0.15, 0.2) is 47.4 Å². The van der Waals surface area contributed by atoms with Crippen LogP contribution in [0.5, 0.6) is 5.75 Å². The van der Waals surface area contributed by atoms with Gasteiger partial charge in [-0.2, -0.15) is 22.8 Å². The zero-order valence-electron chi connectivity index (χ0n) is 15.4. The number of ether oxygens (including phenoxy) is 1. The topological polar surface area (TPSA) is 43.4 Å². The van der Waals surface area contributed by atoms with E-state index in [-0.39, 0.29) is 12.1 Å². The Hall–Kier alpha value is -1.95. The van der Waals surface area contributed by atoms with E-state index in [2.05, 4.69) is 6.92 Å². The van der Waals surface area contributed by atoms with Gasteiger partial charge in [0, 0.05) is 16.6 Å². The van der Waals surface area contributed by atoms with Crippen LogP contribution in [-0.4, -0.2) is 18.5 Å². The van der Waals surface area contributed by atoms with E-state index in [1.165, 1.54) is 12.1 Å². The quantitative estimate of drug-likeness (QED) is 0.483. The van der Waals surface area contributed by atoms with Crippen molar-refractivity contribution in [2.24, 2.45) is 5.92 Å². The maximum Gasteiger partial charge on any atom is 0.416 e. The number of halogens is 4. The van der Waals surface area contributed by atoms with Crippen LogP contribution >= 0.6 is 23.4 Å². The first-order chi connectivity index (χ1) is 13.2. The number of benzene rings is 2. The van der Waals surface area contributed by atoms with Crippen molar-refractivity contribution in [3.8, 4) is 5.75 Å². The molecule has 3 nitrogen and oxygen atoms in total. The zero-order valence-corrected chi connectivity index (χ0v) is 17.0. The summed E-state index contributed by atoms with van der Waals surface area (Å²) >= 11 is 7.91. The number of carbonyl (C=O) groups excluding carboxylic acids is 2. The molecule has 1 unspecified atom stereocenters. The second kappa shape index (κ2) is 11.8. The molecule has 8 heteroatoms. The molecule has 1 atom stereocenters. The third-order valence-electron chi connectivity index (χ3n) is 3.81. The van der Waals surface area contributed by atoms with Crippen LogP contribution in [0.25, 0.3) is 0 Å². The van der Waals surface area contributed by atoms with Gasteiger partial charge in [-0.1, -0.05) is 24.6 Å². The van der Waals surface area contributed by atoms with Crippen molar-refractivity contribution < 1.29 is 27.5 Å². The van der Waals surface area contributed by atoms with Gasteiger partial charge in [0.2, 0.25) is 0 Å². The Balaban J connectivity index is 0.00000122. The number of alkyl halides is 3. The molecule has 0 fully saturated rings. The number of rotatable bonds is 7. The zero-order chi connectivity index (χ0) is 21.2. The molecule has 0 aliphatic carbocycles. The van der Waals surface area contributed by atoms with Gasteiger partial charge in [0.05, 0.1) is 17.2 Å². The molecule has 0 radical (unpaired) electrons. The first kappa shape index (κ1) is 24.1. The normalized spacial score (nSPS) is 11.8. The van der Waals surface area contributed by atoms with Crippen molar-refractivity contribution in [1.29, 1.82) is 0 Å². The van der Waals surface area contributed by atoms with Gasteiger partial charge in [-0.15, -0.1) is 11.8 Å². The van der Waals surface area contributed by atoms with Crippen LogP contribution in [-0.2, 0) is 15.8 Å². The lowest BCUT2D eigenvalue weighted by molar-refractivity contribution is -0.191. The third-order valence-corrected chi connectivity index (χ3v) is 5.54. The van der Waals surface area contributed by atoms with Crippen molar-refractivity contribution in [3.05, 3.63) is 58.6 Å². The summed E-state index contributed by atoms with van der Waals surface area (Å²) in [5, 5.41) is 0.739. The van der Waals surface area contributed by atoms with Gasteiger partial charge in [0.25, 0.3) is 0 Å². The predicted octanol–water partition coefficient (Wildman–Crippen LogP) is 6.28. The van der Waals surface area contributed by atoms with Gasteiger partial charge >= 0.3 is 12.3 Å². The average Bonchev–Trinajstić information content (AvgIpc) is 2.63. The van der Waals surface area contributed by atoms with Crippen LogP contribution in [0.2, 0.25) is 5.02 Å². The van der Waals surface area contributed by atoms with E-state index in [9.17, 15) is 13.2 Å². The van der Waals surface area contributed by atoms with E-state index in [4.69, 9.17) is 25.9 Å². The summed E-state index contributed by atoms with van der Waals surface area (Å²) in [6.07, 6.45) is -3.16. The van der Waals surface area contributed by atoms with Crippen LogP contribution in [0.1, 0.15) is 24.5 Å². The van der Waals surface area contributed by atoms with Gasteiger partial charge in [-0.05, 0) is 55.3 Å². The van der Waals surface area contributed by atoms with E-state index in [1.807, 2.05) is 25.1 Å². The molecule has 0 bridgehead atoms. The fraction of sp³-hybridized carbons (Fsp3) is 0.350. The minimum Gasteiger partial charge on any atom is -0.493 e. The van der Waals surface area contributed by atoms with E-state index in [1.54, 1.807) is 11.8 Å². The first-order valence-corrected chi connectivity index (χ1v) is 9.75. The molecule has 0 aliphatic rings. The highest BCUT2D eigenvalue weighted by molar-refractivity contribution is 7.99. The van der Waals surface area contributed by atoms with Gasteiger partial charge in [-0.3, -0.25) is 0 Å². The molecule has 0 amide bonds. The SMILES string of the molecule is CCC(COc1ccc(C(F)(F)F)cc1)CSc1ccc(C)cc1Cl.O=C=O. The van der Waals surface area contributed by atoms with Crippen molar-refractivity contribution in [3.63, 3.8) is 0 Å². The molecule has 2 rings (SSSR count). The van der Waals surface area contributed by atoms with Crippen molar-refractivity contribution in [2.45, 2.75) is 31.3 Å². The standard InChI is InChI=1S/C19H20ClF3OS.CO2/c1-3-14(12-25-18-9-4-13(2)10-17(18)20)11-24-16-7-5-15(6-8-16)19(21,22)23;2-1-3/h4-10,14H,3,11-12H2,1-2H3;. The lowest BCUT2D eigenvalue weighted by Crippen LogP contribution is -2.14. The molecule has 28 heavy (non-hydrogen) atoms. The van der Waals surface area contributed by atoms with Crippen LogP contribution in [0, 0.1) is 12.8 Å². The summed E-state index contributed by atoms with van der Waals surface area (Å²) in [4.78, 5) is 17.3. The van der Waals surface area contributed by atoms with Gasteiger partial charge in [0.15, 0.2) is 0 Å². The number of hydrogen-bond acceptors (Lipinski definition) is 4. The van der Waals surface area contributed by atoms with Crippen LogP contribution in [0.3, 0.4) is 0 Å². The number of aryl methyl sites for hydroxylation is 1. The van der Waals surface area contributed by atoms with Crippen molar-refractivity contribution in [1.82, 2.24) is 0 Å². The molecule has 152 valence electrons. The molecule has 0 spiro atoms. The summed E-state index contributed by atoms with van der Waals surface area (Å²) in [5.74, 6) is 1.56. The molecule has 2 aromatic carbocycles. The smallest absolute Gasteiger partial charge is 0.416 e. The van der Waals surface area contributed by atoms with Crippen LogP contribution < -0.4 is 4.74 Å². The molecule has 0 saturated carbocycles. The molecule has 2 aromatic rings. The lowest BCUT2D eigenvalue weighted by atomic mass is 10.1. The minimum atomic E-state index is -4.32. The van der Waals surface area contributed by atoms with E-state index in [0.29, 0.717) is 12.4 Å². The first-order valence-electron chi connectivity index (χ1n) is 8.39. The second-order valence-electron chi connectivity index (χ2n) is 5.94. The molecular weight excluding hydrogens is 413 g/mol. The molecule has 0 aliphatic heterocycles. The summed E-state index contributed by atoms with van der Waals surface area (Å²) in [6.45, 7) is 4.52. The Labute approximate surface area is 171 Å². The van der Waals surface area contributed by atoms with Gasteiger partial charge in [0.1, 0.15) is 5.75 Å². The fourth-order valence-electron chi connectivity index (χ4n) is 2.17. The second-order valence-corrected chi connectivity index (χ2v) is 7.40. The molecule has 0 N–H and O–H groups in total. The maximum atomic E-state index is 12.6. The highest BCUT2D eigenvalue weighted by atomic mass is 35.5. The van der Waals surface area contributed by atoms with Gasteiger partial charge < -0.3 is 4.74 Å². The molecule has 0 heterocycles. The lowest BCUT2D eigenvalue weighted by Gasteiger charge is -2.16. The highest BCUT2D eigenvalue weighted by Gasteiger charge is 2.30. The summed E-state index contributed by atoms with van der Waals surface area (Å²) < 4.78 is 43.3. The Kier molecular flexibility index (Phi) is 10.1. The van der Waals surface area contributed by atoms with Crippen molar-refractivity contribution in [2.75, 3.05) is 12.4 Å². The fourth-order valence-corrected chi connectivity index (χ4v) is 3.68. The number of hydrogen-bond donors (Lipinski definition) is 0.